The molecule has 0 amide bonds. The lowest BCUT2D eigenvalue weighted by atomic mass is 9.87. The summed E-state index contributed by atoms with van der Waals surface area (Å²) in [6.45, 7) is 1.57. The van der Waals surface area contributed by atoms with Crippen LogP contribution in [0.15, 0.2) is 95.1 Å². The fourth-order valence-corrected chi connectivity index (χ4v) is 6.58. The van der Waals surface area contributed by atoms with Crippen LogP contribution in [0, 0.1) is 11.3 Å². The maximum atomic E-state index is 13.7. The molecule has 0 fully saturated rings. The standard InChI is InChI=1S/C36H32F3N7O3/c1-21-30(33(47)49-4)32(46-34(42-43-35(46)48)45(21)26-10-7-9-25(19-26)36(37,38)39)28-14-12-22(20-40)18-24(28)13-15-29(44(2)3)31-27-11-6-5-8-23(27)16-17-41-31/h5-12,14,16-19,29,32H,13,15H2,1-4H3,(H,43,48)/t29?,32-/m1/s1. The Bertz CT molecular complexity index is 2190. The van der Waals surface area contributed by atoms with Crippen LogP contribution in [0.3, 0.4) is 0 Å². The number of hydrogen-bond acceptors (Lipinski definition) is 8. The zero-order valence-corrected chi connectivity index (χ0v) is 27.1. The van der Waals surface area contributed by atoms with Crippen molar-refractivity contribution in [1.82, 2.24) is 24.6 Å². The van der Waals surface area contributed by atoms with Gasteiger partial charge in [0.15, 0.2) is 0 Å². The molecule has 13 heteroatoms. The number of carbonyl (C=O) groups excluding carboxylic acids is 1. The molecule has 2 aromatic heterocycles. The van der Waals surface area contributed by atoms with Crippen LogP contribution < -0.4 is 10.6 Å². The maximum absolute atomic E-state index is 13.7. The summed E-state index contributed by atoms with van der Waals surface area (Å²) in [5.74, 6) is -0.791. The van der Waals surface area contributed by atoms with E-state index in [-0.39, 0.29) is 28.9 Å². The average Bonchev–Trinajstić information content (AvgIpc) is 3.47. The minimum Gasteiger partial charge on any atom is -0.466 e. The fourth-order valence-electron chi connectivity index (χ4n) is 6.58. The van der Waals surface area contributed by atoms with Crippen molar-refractivity contribution in [1.29, 1.82) is 5.26 Å². The number of methoxy groups -OCH3 is 1. The fraction of sp³-hybridized carbons (Fsp3) is 0.250. The van der Waals surface area contributed by atoms with E-state index in [1.165, 1.54) is 28.7 Å². The van der Waals surface area contributed by atoms with E-state index in [1.807, 2.05) is 44.4 Å². The topological polar surface area (TPSA) is 120 Å². The number of pyridine rings is 1. The van der Waals surface area contributed by atoms with E-state index in [1.54, 1.807) is 31.3 Å². The van der Waals surface area contributed by atoms with Gasteiger partial charge in [0.05, 0.1) is 41.6 Å². The number of anilines is 2. The Morgan fingerprint density at radius 2 is 1.88 bits per heavy atom. The van der Waals surface area contributed by atoms with Crippen molar-refractivity contribution < 1.29 is 22.7 Å². The van der Waals surface area contributed by atoms with Crippen molar-refractivity contribution in [2.45, 2.75) is 38.0 Å². The summed E-state index contributed by atoms with van der Waals surface area (Å²) >= 11 is 0. The lowest BCUT2D eigenvalue weighted by molar-refractivity contribution is -0.138. The molecule has 3 aromatic carbocycles. The second-order valence-corrected chi connectivity index (χ2v) is 11.9. The minimum atomic E-state index is -4.63. The first-order valence-electron chi connectivity index (χ1n) is 15.4. The summed E-state index contributed by atoms with van der Waals surface area (Å²) in [5.41, 5.74) is 1.20. The normalized spacial score (nSPS) is 15.3. The Kier molecular flexibility index (Phi) is 8.83. The first kappa shape index (κ1) is 33.2. The van der Waals surface area contributed by atoms with Gasteiger partial charge in [-0.05, 0) is 86.8 Å². The Balaban J connectivity index is 1.50. The van der Waals surface area contributed by atoms with E-state index in [0.29, 0.717) is 29.5 Å². The van der Waals surface area contributed by atoms with Gasteiger partial charge in [-0.25, -0.2) is 19.3 Å². The molecule has 5 aromatic rings. The Labute approximate surface area is 279 Å². The van der Waals surface area contributed by atoms with Gasteiger partial charge in [0.25, 0.3) is 0 Å². The predicted octanol–water partition coefficient (Wildman–Crippen LogP) is 6.43. The molecule has 1 aliphatic heterocycles. The average molecular weight is 668 g/mol. The number of esters is 1. The number of aromatic amines is 1. The molecule has 1 N–H and O–H groups in total. The quantitative estimate of drug-likeness (QED) is 0.188. The van der Waals surface area contributed by atoms with Crippen LogP contribution >= 0.6 is 0 Å². The number of carbonyl (C=O) groups is 1. The SMILES string of the molecule is COC(=O)C1=C(C)N(c2cccc(C(F)(F)F)c2)c2n[nH]c(=O)n2[C@@H]1c1ccc(C#N)cc1CCC(c1nccc2ccccc12)N(C)C. The van der Waals surface area contributed by atoms with Gasteiger partial charge in [-0.1, -0.05) is 36.4 Å². The number of nitriles is 1. The summed E-state index contributed by atoms with van der Waals surface area (Å²) in [6.07, 6.45) is -1.88. The molecule has 0 radical (unpaired) electrons. The van der Waals surface area contributed by atoms with Gasteiger partial charge < -0.3 is 9.64 Å². The molecule has 1 aliphatic rings. The molecule has 3 heterocycles. The predicted molar refractivity (Wildman–Crippen MR) is 177 cm³/mol. The van der Waals surface area contributed by atoms with Gasteiger partial charge in [-0.15, -0.1) is 5.10 Å². The van der Waals surface area contributed by atoms with Crippen molar-refractivity contribution in [3.05, 3.63) is 129 Å². The van der Waals surface area contributed by atoms with Gasteiger partial charge in [-0.3, -0.25) is 9.88 Å². The van der Waals surface area contributed by atoms with Gasteiger partial charge in [0.1, 0.15) is 6.04 Å². The van der Waals surface area contributed by atoms with Gasteiger partial charge in [0, 0.05) is 23.0 Å². The smallest absolute Gasteiger partial charge is 0.416 e. The summed E-state index contributed by atoms with van der Waals surface area (Å²) in [6, 6.07) is 20.5. The van der Waals surface area contributed by atoms with E-state index in [2.05, 4.69) is 21.2 Å². The molecular weight excluding hydrogens is 635 g/mol. The molecule has 2 atom stereocenters. The first-order chi connectivity index (χ1) is 23.4. The van der Waals surface area contributed by atoms with E-state index < -0.39 is 29.4 Å². The Hall–Kier alpha value is -5.74. The lowest BCUT2D eigenvalue weighted by Crippen LogP contribution is -2.38. The number of aromatic nitrogens is 4. The number of aryl methyl sites for hydroxylation is 1. The largest absolute Gasteiger partial charge is 0.466 e. The summed E-state index contributed by atoms with van der Waals surface area (Å²) < 4.78 is 47.6. The van der Waals surface area contributed by atoms with Crippen molar-refractivity contribution >= 4 is 28.4 Å². The molecule has 250 valence electrons. The number of nitrogens with zero attached hydrogens (tertiary/aromatic N) is 6. The van der Waals surface area contributed by atoms with Crippen LogP contribution in [0.4, 0.5) is 24.8 Å². The Morgan fingerprint density at radius 3 is 2.59 bits per heavy atom. The summed E-state index contributed by atoms with van der Waals surface area (Å²) in [7, 11) is 5.12. The molecule has 0 aliphatic carbocycles. The number of alkyl halides is 3. The number of rotatable bonds is 8. The summed E-state index contributed by atoms with van der Waals surface area (Å²) in [5, 5.41) is 18.5. The van der Waals surface area contributed by atoms with Gasteiger partial charge in [-0.2, -0.15) is 18.4 Å². The highest BCUT2D eigenvalue weighted by molar-refractivity contribution is 5.93. The number of nitrogens with one attached hydrogen (secondary N) is 1. The zero-order valence-electron chi connectivity index (χ0n) is 27.1. The highest BCUT2D eigenvalue weighted by Crippen LogP contribution is 2.44. The molecule has 0 saturated carbocycles. The van der Waals surface area contributed by atoms with Gasteiger partial charge >= 0.3 is 17.8 Å². The molecular formula is C36H32F3N7O3. The van der Waals surface area contributed by atoms with Crippen LogP contribution in [0.25, 0.3) is 10.8 Å². The monoisotopic (exact) mass is 667 g/mol. The van der Waals surface area contributed by atoms with Crippen LogP contribution in [-0.2, 0) is 22.1 Å². The number of ether oxygens (including phenoxy) is 1. The van der Waals surface area contributed by atoms with Gasteiger partial charge in [0.2, 0.25) is 5.95 Å². The summed E-state index contributed by atoms with van der Waals surface area (Å²) in [4.78, 5) is 35.3. The van der Waals surface area contributed by atoms with E-state index in [9.17, 15) is 28.0 Å². The molecule has 10 nitrogen and oxygen atoms in total. The molecule has 49 heavy (non-hydrogen) atoms. The number of allylic oxidation sites excluding steroid dienone is 1. The zero-order chi connectivity index (χ0) is 35.0. The second kappa shape index (κ2) is 13.0. The third-order valence-electron chi connectivity index (χ3n) is 8.88. The number of H-pyrrole nitrogens is 1. The van der Waals surface area contributed by atoms with Crippen LogP contribution in [-0.4, -0.2) is 51.8 Å². The third kappa shape index (κ3) is 6.07. The molecule has 1 unspecified atom stereocenters. The van der Waals surface area contributed by atoms with Crippen LogP contribution in [0.1, 0.15) is 53.4 Å². The van der Waals surface area contributed by atoms with E-state index >= 15 is 0 Å². The molecule has 0 saturated heterocycles. The minimum absolute atomic E-state index is 0.0130. The van der Waals surface area contributed by atoms with E-state index in [4.69, 9.17) is 9.72 Å². The number of halogens is 3. The highest BCUT2D eigenvalue weighted by Gasteiger charge is 2.41. The van der Waals surface area contributed by atoms with Crippen molar-refractivity contribution in [2.75, 3.05) is 26.1 Å². The van der Waals surface area contributed by atoms with Crippen molar-refractivity contribution in [2.24, 2.45) is 0 Å². The lowest BCUT2D eigenvalue weighted by Gasteiger charge is -2.36. The number of hydrogen-bond donors (Lipinski definition) is 1. The molecule has 6 rings (SSSR count). The molecule has 0 spiro atoms. The number of fused-ring (bicyclic) bond motifs is 2. The van der Waals surface area contributed by atoms with E-state index in [0.717, 1.165) is 28.6 Å². The number of benzene rings is 3. The van der Waals surface area contributed by atoms with Crippen LogP contribution in [0.5, 0.6) is 0 Å². The third-order valence-corrected chi connectivity index (χ3v) is 8.88. The van der Waals surface area contributed by atoms with Crippen molar-refractivity contribution in [3.8, 4) is 6.07 Å². The highest BCUT2D eigenvalue weighted by atomic mass is 19.4. The first-order valence-corrected chi connectivity index (χ1v) is 15.4. The Morgan fingerprint density at radius 1 is 1.10 bits per heavy atom. The second-order valence-electron chi connectivity index (χ2n) is 11.9. The van der Waals surface area contributed by atoms with Crippen LogP contribution in [0.2, 0.25) is 0 Å². The van der Waals surface area contributed by atoms with Crippen molar-refractivity contribution in [3.63, 3.8) is 0 Å². The maximum Gasteiger partial charge on any atom is 0.416 e. The molecule has 0 bridgehead atoms.